The number of ether oxygens (including phenoxy) is 1. The standard InChI is InChI=1S/C13H27NO2/c1-10(2)14(7-8-16-4)12-9-11(3)5-6-13(12)15/h10-13,15H,5-9H2,1-4H3. The second-order valence-corrected chi connectivity index (χ2v) is 5.38. The third-order valence-corrected chi connectivity index (χ3v) is 3.69. The number of aliphatic hydroxyl groups excluding tert-OH is 1. The summed E-state index contributed by atoms with van der Waals surface area (Å²) in [7, 11) is 1.73. The molecule has 1 fully saturated rings. The highest BCUT2D eigenvalue weighted by atomic mass is 16.5. The molecule has 0 bridgehead atoms. The van der Waals surface area contributed by atoms with Crippen molar-refractivity contribution < 1.29 is 9.84 Å². The van der Waals surface area contributed by atoms with Crippen molar-refractivity contribution in [2.75, 3.05) is 20.3 Å². The Bertz CT molecular complexity index is 196. The SMILES string of the molecule is COCCN(C(C)C)C1CC(C)CCC1O. The molecule has 1 saturated carbocycles. The van der Waals surface area contributed by atoms with Crippen LogP contribution in [0.2, 0.25) is 0 Å². The molecular formula is C13H27NO2. The molecule has 1 N–H and O–H groups in total. The summed E-state index contributed by atoms with van der Waals surface area (Å²) in [5, 5.41) is 10.1. The van der Waals surface area contributed by atoms with E-state index in [0.717, 1.165) is 38.3 Å². The lowest BCUT2D eigenvalue weighted by atomic mass is 9.83. The van der Waals surface area contributed by atoms with Crippen molar-refractivity contribution in [3.8, 4) is 0 Å². The van der Waals surface area contributed by atoms with Crippen LogP contribution in [0.4, 0.5) is 0 Å². The van der Waals surface area contributed by atoms with Gasteiger partial charge in [0.05, 0.1) is 12.7 Å². The largest absolute Gasteiger partial charge is 0.391 e. The minimum absolute atomic E-state index is 0.157. The zero-order valence-electron chi connectivity index (χ0n) is 11.1. The van der Waals surface area contributed by atoms with E-state index in [4.69, 9.17) is 4.74 Å². The fraction of sp³-hybridized carbons (Fsp3) is 1.00. The van der Waals surface area contributed by atoms with Gasteiger partial charge in [-0.25, -0.2) is 0 Å². The normalized spacial score (nSPS) is 31.3. The van der Waals surface area contributed by atoms with Gasteiger partial charge in [0.2, 0.25) is 0 Å². The molecule has 0 aromatic rings. The second-order valence-electron chi connectivity index (χ2n) is 5.38. The highest BCUT2D eigenvalue weighted by Gasteiger charge is 2.32. The molecule has 3 unspecified atom stereocenters. The molecule has 3 heteroatoms. The maximum Gasteiger partial charge on any atom is 0.0695 e. The molecule has 1 aliphatic carbocycles. The van der Waals surface area contributed by atoms with Crippen LogP contribution in [-0.4, -0.2) is 48.5 Å². The van der Waals surface area contributed by atoms with Crippen molar-refractivity contribution in [1.29, 1.82) is 0 Å². The van der Waals surface area contributed by atoms with E-state index in [-0.39, 0.29) is 6.10 Å². The predicted molar refractivity (Wildman–Crippen MR) is 66.5 cm³/mol. The van der Waals surface area contributed by atoms with Gasteiger partial charge in [-0.2, -0.15) is 0 Å². The predicted octanol–water partition coefficient (Wildman–Crippen LogP) is 1.89. The van der Waals surface area contributed by atoms with E-state index in [0.29, 0.717) is 12.1 Å². The summed E-state index contributed by atoms with van der Waals surface area (Å²) in [6, 6.07) is 0.791. The fourth-order valence-corrected chi connectivity index (χ4v) is 2.69. The molecule has 0 saturated heterocycles. The highest BCUT2D eigenvalue weighted by molar-refractivity contribution is 4.87. The topological polar surface area (TPSA) is 32.7 Å². The van der Waals surface area contributed by atoms with Crippen LogP contribution in [-0.2, 0) is 4.74 Å². The van der Waals surface area contributed by atoms with Gasteiger partial charge in [-0.15, -0.1) is 0 Å². The van der Waals surface area contributed by atoms with Crippen molar-refractivity contribution in [3.63, 3.8) is 0 Å². The molecule has 0 radical (unpaired) electrons. The van der Waals surface area contributed by atoms with Crippen LogP contribution in [0, 0.1) is 5.92 Å². The Hall–Kier alpha value is -0.120. The van der Waals surface area contributed by atoms with Gasteiger partial charge in [-0.05, 0) is 39.0 Å². The Morgan fingerprint density at radius 3 is 2.62 bits per heavy atom. The molecule has 1 aliphatic rings. The van der Waals surface area contributed by atoms with Crippen LogP contribution in [0.15, 0.2) is 0 Å². The molecule has 16 heavy (non-hydrogen) atoms. The van der Waals surface area contributed by atoms with Gasteiger partial charge >= 0.3 is 0 Å². The first-order valence-corrected chi connectivity index (χ1v) is 6.49. The van der Waals surface area contributed by atoms with Gasteiger partial charge in [0.1, 0.15) is 0 Å². The molecule has 0 spiro atoms. The third-order valence-electron chi connectivity index (χ3n) is 3.69. The van der Waals surface area contributed by atoms with Crippen molar-refractivity contribution in [3.05, 3.63) is 0 Å². The first-order valence-electron chi connectivity index (χ1n) is 6.49. The summed E-state index contributed by atoms with van der Waals surface area (Å²) in [4.78, 5) is 2.39. The van der Waals surface area contributed by atoms with Crippen molar-refractivity contribution in [2.24, 2.45) is 5.92 Å². The van der Waals surface area contributed by atoms with Crippen molar-refractivity contribution >= 4 is 0 Å². The van der Waals surface area contributed by atoms with E-state index in [9.17, 15) is 5.11 Å². The molecular weight excluding hydrogens is 202 g/mol. The van der Waals surface area contributed by atoms with E-state index >= 15 is 0 Å². The van der Waals surface area contributed by atoms with E-state index in [2.05, 4.69) is 25.7 Å². The molecule has 0 aliphatic heterocycles. The fourth-order valence-electron chi connectivity index (χ4n) is 2.69. The Balaban J connectivity index is 2.59. The summed E-state index contributed by atoms with van der Waals surface area (Å²) in [5.74, 6) is 0.734. The number of aliphatic hydroxyl groups is 1. The van der Waals surface area contributed by atoms with Gasteiger partial charge in [0.25, 0.3) is 0 Å². The van der Waals surface area contributed by atoms with E-state index in [1.165, 1.54) is 0 Å². The number of methoxy groups -OCH3 is 1. The Labute approximate surface area is 99.8 Å². The van der Waals surface area contributed by atoms with Gasteiger partial charge in [0, 0.05) is 25.7 Å². The van der Waals surface area contributed by atoms with Gasteiger partial charge < -0.3 is 9.84 Å². The van der Waals surface area contributed by atoms with Crippen molar-refractivity contribution in [1.82, 2.24) is 4.90 Å². The summed E-state index contributed by atoms with van der Waals surface area (Å²) >= 11 is 0. The molecule has 0 aromatic carbocycles. The smallest absolute Gasteiger partial charge is 0.0695 e. The number of hydrogen-bond acceptors (Lipinski definition) is 3. The number of rotatable bonds is 5. The van der Waals surface area contributed by atoms with Crippen LogP contribution in [0.5, 0.6) is 0 Å². The van der Waals surface area contributed by atoms with Crippen LogP contribution >= 0.6 is 0 Å². The second kappa shape index (κ2) is 6.58. The van der Waals surface area contributed by atoms with E-state index < -0.39 is 0 Å². The monoisotopic (exact) mass is 229 g/mol. The third kappa shape index (κ3) is 3.72. The average Bonchev–Trinajstić information content (AvgIpc) is 2.23. The van der Waals surface area contributed by atoms with Gasteiger partial charge in [-0.3, -0.25) is 4.90 Å². The summed E-state index contributed by atoms with van der Waals surface area (Å²) < 4.78 is 5.15. The molecule has 96 valence electrons. The number of nitrogens with zero attached hydrogens (tertiary/aromatic N) is 1. The molecule has 1 rings (SSSR count). The summed E-state index contributed by atoms with van der Waals surface area (Å²) in [5.41, 5.74) is 0. The van der Waals surface area contributed by atoms with Crippen molar-refractivity contribution in [2.45, 2.75) is 58.2 Å². The quantitative estimate of drug-likeness (QED) is 0.781. The van der Waals surface area contributed by atoms with Crippen LogP contribution in [0.1, 0.15) is 40.0 Å². The minimum Gasteiger partial charge on any atom is -0.391 e. The van der Waals surface area contributed by atoms with Gasteiger partial charge in [0.15, 0.2) is 0 Å². The first-order chi connectivity index (χ1) is 7.56. The molecule has 0 amide bonds. The summed E-state index contributed by atoms with van der Waals surface area (Å²) in [6.45, 7) is 8.34. The molecule has 3 nitrogen and oxygen atoms in total. The van der Waals surface area contributed by atoms with Gasteiger partial charge in [-0.1, -0.05) is 6.92 Å². The number of hydrogen-bond donors (Lipinski definition) is 1. The Morgan fingerprint density at radius 1 is 1.38 bits per heavy atom. The molecule has 0 heterocycles. The van der Waals surface area contributed by atoms with Crippen LogP contribution < -0.4 is 0 Å². The molecule has 3 atom stereocenters. The van der Waals surface area contributed by atoms with E-state index in [1.807, 2.05) is 0 Å². The lowest BCUT2D eigenvalue weighted by Gasteiger charge is -2.42. The Morgan fingerprint density at radius 2 is 2.06 bits per heavy atom. The van der Waals surface area contributed by atoms with E-state index in [1.54, 1.807) is 7.11 Å². The lowest BCUT2D eigenvalue weighted by Crippen LogP contribution is -2.51. The maximum atomic E-state index is 10.1. The molecule has 0 aromatic heterocycles. The highest BCUT2D eigenvalue weighted by Crippen LogP contribution is 2.28. The van der Waals surface area contributed by atoms with Crippen LogP contribution in [0.25, 0.3) is 0 Å². The maximum absolute atomic E-state index is 10.1. The van der Waals surface area contributed by atoms with Crippen LogP contribution in [0.3, 0.4) is 0 Å². The summed E-state index contributed by atoms with van der Waals surface area (Å²) in [6.07, 6.45) is 3.06. The minimum atomic E-state index is -0.157. The average molecular weight is 229 g/mol. The zero-order valence-corrected chi connectivity index (χ0v) is 11.1. The lowest BCUT2D eigenvalue weighted by molar-refractivity contribution is -0.0174. The Kier molecular flexibility index (Phi) is 5.73. The zero-order chi connectivity index (χ0) is 12.1. The first kappa shape index (κ1) is 13.9.